The molecule has 2 fully saturated rings. The highest BCUT2D eigenvalue weighted by molar-refractivity contribution is 5.06. The smallest absolute Gasteiger partial charge is 0.231 e. The predicted molar refractivity (Wildman–Crippen MR) is 82.1 cm³/mol. The molecule has 3 rings (SSSR count). The van der Waals surface area contributed by atoms with Gasteiger partial charge in [0.25, 0.3) is 0 Å². The van der Waals surface area contributed by atoms with E-state index in [4.69, 9.17) is 15.2 Å². The normalized spacial score (nSPS) is 31.0. The second kappa shape index (κ2) is 6.05. The molecule has 5 heteroatoms. The number of nitrogens with two attached hydrogens (primary N) is 1. The van der Waals surface area contributed by atoms with Crippen LogP contribution in [0.5, 0.6) is 0 Å². The third kappa shape index (κ3) is 2.99. The summed E-state index contributed by atoms with van der Waals surface area (Å²) in [6.45, 7) is 4.99. The first-order valence-electron chi connectivity index (χ1n) is 8.34. The Morgan fingerprint density at radius 3 is 2.52 bits per heavy atom. The number of aromatic nitrogens is 2. The summed E-state index contributed by atoms with van der Waals surface area (Å²) >= 11 is 0. The van der Waals surface area contributed by atoms with E-state index in [-0.39, 0.29) is 5.92 Å². The van der Waals surface area contributed by atoms with E-state index in [9.17, 15) is 0 Å². The number of hydrogen-bond acceptors (Lipinski definition) is 5. The van der Waals surface area contributed by atoms with Crippen LogP contribution < -0.4 is 5.73 Å². The molecule has 3 unspecified atom stereocenters. The fourth-order valence-corrected chi connectivity index (χ4v) is 4.07. The van der Waals surface area contributed by atoms with Gasteiger partial charge in [-0.05, 0) is 45.1 Å². The lowest BCUT2D eigenvalue weighted by molar-refractivity contribution is 0.157. The molecule has 2 bridgehead atoms. The minimum atomic E-state index is 0.203. The lowest BCUT2D eigenvalue weighted by Gasteiger charge is -2.34. The Morgan fingerprint density at radius 1 is 1.29 bits per heavy atom. The van der Waals surface area contributed by atoms with Crippen molar-refractivity contribution in [3.63, 3.8) is 0 Å². The summed E-state index contributed by atoms with van der Waals surface area (Å²) in [7, 11) is 2.26. The zero-order valence-electron chi connectivity index (χ0n) is 13.5. The first-order valence-corrected chi connectivity index (χ1v) is 8.34. The molecule has 0 spiro atoms. The summed E-state index contributed by atoms with van der Waals surface area (Å²) in [4.78, 5) is 7.24. The molecule has 0 amide bonds. The fraction of sp³-hybridized carbons (Fsp3) is 0.875. The van der Waals surface area contributed by atoms with Crippen LogP contribution in [0.2, 0.25) is 0 Å². The third-order valence-corrected chi connectivity index (χ3v) is 5.31. The van der Waals surface area contributed by atoms with Crippen molar-refractivity contribution in [2.45, 2.75) is 69.9 Å². The van der Waals surface area contributed by atoms with Crippen LogP contribution in [-0.4, -0.2) is 40.7 Å². The molecule has 0 aliphatic carbocycles. The van der Waals surface area contributed by atoms with Gasteiger partial charge >= 0.3 is 0 Å². The maximum absolute atomic E-state index is 5.88. The Kier molecular flexibility index (Phi) is 4.31. The summed E-state index contributed by atoms with van der Waals surface area (Å²) in [5.74, 6) is 2.92. The van der Waals surface area contributed by atoms with Crippen LogP contribution in [0.1, 0.15) is 69.5 Å². The maximum atomic E-state index is 5.88. The minimum Gasteiger partial charge on any atom is -0.339 e. The number of hydrogen-bond donors (Lipinski definition) is 1. The molecule has 2 saturated heterocycles. The lowest BCUT2D eigenvalue weighted by atomic mass is 9.90. The van der Waals surface area contributed by atoms with Crippen LogP contribution in [0.15, 0.2) is 4.52 Å². The Morgan fingerprint density at radius 2 is 1.95 bits per heavy atom. The molecule has 0 aromatic carbocycles. The van der Waals surface area contributed by atoms with Crippen LogP contribution in [0, 0.1) is 5.92 Å². The summed E-state index contributed by atoms with van der Waals surface area (Å²) in [5, 5.41) is 4.28. The third-order valence-electron chi connectivity index (χ3n) is 5.31. The van der Waals surface area contributed by atoms with Gasteiger partial charge in [-0.15, -0.1) is 0 Å². The molecule has 0 radical (unpaired) electrons. The van der Waals surface area contributed by atoms with Gasteiger partial charge < -0.3 is 15.2 Å². The average Bonchev–Trinajstić information content (AvgIpc) is 2.99. The molecule has 3 heterocycles. The van der Waals surface area contributed by atoms with Gasteiger partial charge in [0.1, 0.15) is 0 Å². The van der Waals surface area contributed by atoms with Crippen molar-refractivity contribution in [1.29, 1.82) is 0 Å². The highest BCUT2D eigenvalue weighted by atomic mass is 16.5. The van der Waals surface area contributed by atoms with E-state index in [0.29, 0.717) is 30.5 Å². The maximum Gasteiger partial charge on any atom is 0.231 e. The zero-order chi connectivity index (χ0) is 15.0. The minimum absolute atomic E-state index is 0.203. The molecule has 1 aromatic heterocycles. The van der Waals surface area contributed by atoms with Gasteiger partial charge in [0.05, 0.1) is 5.92 Å². The van der Waals surface area contributed by atoms with Crippen LogP contribution in [0.3, 0.4) is 0 Å². The molecule has 2 aliphatic heterocycles. The predicted octanol–water partition coefficient (Wildman–Crippen LogP) is 2.50. The molecule has 3 atom stereocenters. The molecule has 0 saturated carbocycles. The average molecular weight is 292 g/mol. The van der Waals surface area contributed by atoms with Gasteiger partial charge in [-0.1, -0.05) is 19.0 Å². The second-order valence-corrected chi connectivity index (χ2v) is 7.27. The topological polar surface area (TPSA) is 68.2 Å². The summed E-state index contributed by atoms with van der Waals surface area (Å²) < 4.78 is 5.53. The quantitative estimate of drug-likeness (QED) is 0.903. The van der Waals surface area contributed by atoms with Crippen molar-refractivity contribution >= 4 is 0 Å². The standard InChI is InChI=1S/C16H28N4O/c1-10(2)6-12(9-17)16-18-15(19-21-16)11-7-13-4-5-14(8-11)20(13)3/h10-14H,4-9,17H2,1-3H3. The fourth-order valence-electron chi connectivity index (χ4n) is 4.07. The number of piperidine rings is 1. The van der Waals surface area contributed by atoms with Crippen molar-refractivity contribution in [2.24, 2.45) is 11.7 Å². The summed E-state index contributed by atoms with van der Waals surface area (Å²) in [6.07, 6.45) is 5.99. The summed E-state index contributed by atoms with van der Waals surface area (Å²) in [6, 6.07) is 1.41. The molecule has 2 aliphatic rings. The first kappa shape index (κ1) is 15.0. The van der Waals surface area contributed by atoms with Gasteiger partial charge in [-0.25, -0.2) is 0 Å². The number of rotatable bonds is 5. The van der Waals surface area contributed by atoms with Crippen molar-refractivity contribution in [1.82, 2.24) is 15.0 Å². The monoisotopic (exact) mass is 292 g/mol. The SMILES string of the molecule is CC(C)CC(CN)c1nc(C2CC3CCC(C2)N3C)no1. The van der Waals surface area contributed by atoms with Crippen LogP contribution in [-0.2, 0) is 0 Å². The highest BCUT2D eigenvalue weighted by Gasteiger charge is 2.40. The van der Waals surface area contributed by atoms with Crippen LogP contribution in [0.4, 0.5) is 0 Å². The zero-order valence-corrected chi connectivity index (χ0v) is 13.5. The lowest BCUT2D eigenvalue weighted by Crippen LogP contribution is -2.39. The van der Waals surface area contributed by atoms with Gasteiger partial charge in [0.2, 0.25) is 5.89 Å². The Balaban J connectivity index is 1.70. The van der Waals surface area contributed by atoms with E-state index < -0.39 is 0 Å². The molecule has 2 N–H and O–H groups in total. The molecule has 118 valence electrons. The largest absolute Gasteiger partial charge is 0.339 e. The number of fused-ring (bicyclic) bond motifs is 2. The van der Waals surface area contributed by atoms with Gasteiger partial charge in [0, 0.05) is 24.5 Å². The van der Waals surface area contributed by atoms with E-state index in [0.717, 1.165) is 18.1 Å². The van der Waals surface area contributed by atoms with Crippen LogP contribution in [0.25, 0.3) is 0 Å². The van der Waals surface area contributed by atoms with E-state index in [1.54, 1.807) is 0 Å². The number of nitrogens with zero attached hydrogens (tertiary/aromatic N) is 3. The van der Waals surface area contributed by atoms with Crippen molar-refractivity contribution in [3.05, 3.63) is 11.7 Å². The highest BCUT2D eigenvalue weighted by Crippen LogP contribution is 2.41. The van der Waals surface area contributed by atoms with E-state index >= 15 is 0 Å². The van der Waals surface area contributed by atoms with Crippen molar-refractivity contribution in [3.8, 4) is 0 Å². The van der Waals surface area contributed by atoms with Gasteiger partial charge in [-0.2, -0.15) is 4.98 Å². The van der Waals surface area contributed by atoms with Crippen LogP contribution >= 0.6 is 0 Å². The van der Waals surface area contributed by atoms with E-state index in [2.05, 4.69) is 31.0 Å². The molecular weight excluding hydrogens is 264 g/mol. The van der Waals surface area contributed by atoms with E-state index in [1.165, 1.54) is 25.7 Å². The molecule has 1 aromatic rings. The van der Waals surface area contributed by atoms with Gasteiger partial charge in [0.15, 0.2) is 5.82 Å². The molecule has 21 heavy (non-hydrogen) atoms. The Labute approximate surface area is 127 Å². The second-order valence-electron chi connectivity index (χ2n) is 7.27. The Bertz CT molecular complexity index is 459. The first-order chi connectivity index (χ1) is 10.1. The Hall–Kier alpha value is -0.940. The summed E-state index contributed by atoms with van der Waals surface area (Å²) in [5.41, 5.74) is 5.88. The molecular formula is C16H28N4O. The van der Waals surface area contributed by atoms with Crippen molar-refractivity contribution in [2.75, 3.05) is 13.6 Å². The van der Waals surface area contributed by atoms with Crippen molar-refractivity contribution < 1.29 is 4.52 Å². The molecule has 5 nitrogen and oxygen atoms in total. The van der Waals surface area contributed by atoms with E-state index in [1.807, 2.05) is 0 Å². The van der Waals surface area contributed by atoms with Gasteiger partial charge in [-0.3, -0.25) is 0 Å².